The second-order valence-corrected chi connectivity index (χ2v) is 9.62. The van der Waals surface area contributed by atoms with Crippen molar-refractivity contribution in [3.8, 4) is 39.3 Å². The van der Waals surface area contributed by atoms with Crippen LogP contribution in [0.5, 0.6) is 0 Å². The molecule has 0 saturated heterocycles. The summed E-state index contributed by atoms with van der Waals surface area (Å²) in [5, 5.41) is 13.4. The van der Waals surface area contributed by atoms with E-state index in [1.54, 1.807) is 0 Å². The molecular weight excluding hydrogens is 460 g/mol. The molecule has 1 aliphatic carbocycles. The number of carboxylic acids is 1. The second kappa shape index (κ2) is 9.58. The first kappa shape index (κ1) is 23.0. The first-order valence-electron chi connectivity index (χ1n) is 12.8. The van der Waals surface area contributed by atoms with Gasteiger partial charge in [0.05, 0.1) is 11.3 Å². The summed E-state index contributed by atoms with van der Waals surface area (Å²) in [6, 6.07) is 29.6. The molecule has 5 heteroatoms. The summed E-state index contributed by atoms with van der Waals surface area (Å²) in [6.45, 7) is 1.98. The molecule has 3 aromatic carbocycles. The topological polar surface area (TPSA) is 68.3 Å². The molecule has 6 rings (SSSR count). The molecule has 0 spiro atoms. The van der Waals surface area contributed by atoms with E-state index in [1.807, 2.05) is 25.1 Å². The van der Waals surface area contributed by atoms with E-state index >= 15 is 0 Å². The molecule has 0 unspecified atom stereocenters. The minimum absolute atomic E-state index is 0.186. The molecule has 37 heavy (non-hydrogen) atoms. The number of nitrogens with zero attached hydrogens (tertiary/aromatic N) is 2. The van der Waals surface area contributed by atoms with Gasteiger partial charge < -0.3 is 14.2 Å². The fourth-order valence-electron chi connectivity index (χ4n) is 5.49. The van der Waals surface area contributed by atoms with Crippen molar-refractivity contribution in [1.82, 2.24) is 9.72 Å². The van der Waals surface area contributed by atoms with E-state index in [9.17, 15) is 4.79 Å². The summed E-state index contributed by atoms with van der Waals surface area (Å²) < 4.78 is 8.13. The van der Waals surface area contributed by atoms with Crippen LogP contribution in [0.25, 0.3) is 39.3 Å². The third kappa shape index (κ3) is 4.27. The van der Waals surface area contributed by atoms with Gasteiger partial charge in [0.15, 0.2) is 0 Å². The zero-order valence-electron chi connectivity index (χ0n) is 20.8. The quantitative estimate of drug-likeness (QED) is 0.261. The van der Waals surface area contributed by atoms with Gasteiger partial charge in [-0.05, 0) is 67.5 Å². The molecule has 5 nitrogen and oxygen atoms in total. The highest BCUT2D eigenvalue weighted by molar-refractivity contribution is 5.86. The third-order valence-corrected chi connectivity index (χ3v) is 7.26. The Hall–Kier alpha value is -4.38. The Bertz CT molecular complexity index is 1580. The van der Waals surface area contributed by atoms with Crippen molar-refractivity contribution in [2.75, 3.05) is 0 Å². The number of aromatic nitrogens is 2. The first-order chi connectivity index (χ1) is 18.1. The first-order valence-corrected chi connectivity index (χ1v) is 12.8. The van der Waals surface area contributed by atoms with Crippen LogP contribution in [-0.4, -0.2) is 20.8 Å². The molecular formula is C32H28N2O3. The highest BCUT2D eigenvalue weighted by atomic mass is 16.5. The molecule has 2 aromatic heterocycles. The maximum Gasteiger partial charge on any atom is 0.303 e. The minimum atomic E-state index is -0.751. The Labute approximate surface area is 216 Å². The van der Waals surface area contributed by atoms with Crippen LogP contribution in [0.2, 0.25) is 0 Å². The number of aryl methyl sites for hydroxylation is 3. The van der Waals surface area contributed by atoms with Gasteiger partial charge in [-0.25, -0.2) is 0 Å². The van der Waals surface area contributed by atoms with Gasteiger partial charge in [0.25, 0.3) is 0 Å². The Balaban J connectivity index is 1.51. The van der Waals surface area contributed by atoms with Crippen molar-refractivity contribution in [1.29, 1.82) is 0 Å². The number of hydrogen-bond donors (Lipinski definition) is 1. The van der Waals surface area contributed by atoms with Crippen molar-refractivity contribution in [3.05, 3.63) is 108 Å². The Kier molecular flexibility index (Phi) is 5.97. The van der Waals surface area contributed by atoms with E-state index in [0.717, 1.165) is 58.8 Å². The Morgan fingerprint density at radius 2 is 1.70 bits per heavy atom. The van der Waals surface area contributed by atoms with Crippen LogP contribution in [0, 0.1) is 6.92 Å². The number of aliphatic carboxylic acids is 1. The molecule has 0 amide bonds. The highest BCUT2D eigenvalue weighted by Crippen LogP contribution is 2.43. The smallest absolute Gasteiger partial charge is 0.303 e. The number of carbonyl (C=O) groups is 1. The van der Waals surface area contributed by atoms with Crippen LogP contribution in [0.15, 0.2) is 89.5 Å². The molecule has 0 atom stereocenters. The molecule has 0 radical (unpaired) electrons. The van der Waals surface area contributed by atoms with Gasteiger partial charge in [0.1, 0.15) is 11.5 Å². The Morgan fingerprint density at radius 3 is 2.49 bits per heavy atom. The predicted octanol–water partition coefficient (Wildman–Crippen LogP) is 7.28. The average molecular weight is 489 g/mol. The van der Waals surface area contributed by atoms with Crippen molar-refractivity contribution < 1.29 is 14.4 Å². The molecule has 0 fully saturated rings. The highest BCUT2D eigenvalue weighted by Gasteiger charge is 2.27. The lowest BCUT2D eigenvalue weighted by Gasteiger charge is -2.20. The second-order valence-electron chi connectivity index (χ2n) is 9.62. The molecule has 0 aliphatic heterocycles. The third-order valence-electron chi connectivity index (χ3n) is 7.26. The van der Waals surface area contributed by atoms with Gasteiger partial charge >= 0.3 is 5.97 Å². The Morgan fingerprint density at radius 1 is 0.946 bits per heavy atom. The number of benzene rings is 3. The van der Waals surface area contributed by atoms with Gasteiger partial charge in [-0.15, -0.1) is 0 Å². The maximum absolute atomic E-state index is 10.9. The molecule has 0 saturated carbocycles. The molecule has 5 aromatic rings. The number of rotatable bonds is 7. The summed E-state index contributed by atoms with van der Waals surface area (Å²) in [5.74, 6) is 0.0346. The summed E-state index contributed by atoms with van der Waals surface area (Å²) in [4.78, 5) is 10.9. The van der Waals surface area contributed by atoms with Gasteiger partial charge in [-0.2, -0.15) is 0 Å². The van der Waals surface area contributed by atoms with Gasteiger partial charge in [0.2, 0.25) is 0 Å². The van der Waals surface area contributed by atoms with Gasteiger partial charge in [-0.1, -0.05) is 71.9 Å². The number of carboxylic acid groups (broad SMARTS) is 1. The maximum atomic E-state index is 10.9. The van der Waals surface area contributed by atoms with Crippen LogP contribution < -0.4 is 0 Å². The molecule has 2 heterocycles. The zero-order valence-corrected chi connectivity index (χ0v) is 20.8. The van der Waals surface area contributed by atoms with E-state index < -0.39 is 5.97 Å². The summed E-state index contributed by atoms with van der Waals surface area (Å²) in [6.07, 6.45) is 3.51. The monoisotopic (exact) mass is 488 g/mol. The van der Waals surface area contributed by atoms with Crippen molar-refractivity contribution >= 4 is 5.97 Å². The average Bonchev–Trinajstić information content (AvgIpc) is 3.50. The van der Waals surface area contributed by atoms with Crippen LogP contribution >= 0.6 is 0 Å². The lowest BCUT2D eigenvalue weighted by Crippen LogP contribution is -2.09. The molecule has 184 valence electrons. The van der Waals surface area contributed by atoms with Crippen LogP contribution in [0.1, 0.15) is 35.4 Å². The number of fused-ring (bicyclic) bond motifs is 3. The van der Waals surface area contributed by atoms with E-state index in [1.165, 1.54) is 22.4 Å². The van der Waals surface area contributed by atoms with Gasteiger partial charge in [0, 0.05) is 28.9 Å². The summed E-state index contributed by atoms with van der Waals surface area (Å²) in [7, 11) is 0. The lowest BCUT2D eigenvalue weighted by molar-refractivity contribution is -0.137. The SMILES string of the molecule is Cc1onc(-c2ccccc2)c1-c1cc2c(n1-c1ccc(CCCC(=O)O)cc1)CCc1ccccc1-2. The zero-order chi connectivity index (χ0) is 25.4. The molecule has 1 aliphatic rings. The molecule has 0 bridgehead atoms. The number of hydrogen-bond acceptors (Lipinski definition) is 3. The largest absolute Gasteiger partial charge is 0.481 e. The fourth-order valence-corrected chi connectivity index (χ4v) is 5.49. The van der Waals surface area contributed by atoms with E-state index in [-0.39, 0.29) is 6.42 Å². The normalized spacial score (nSPS) is 12.2. The van der Waals surface area contributed by atoms with Crippen LogP contribution in [0.3, 0.4) is 0 Å². The van der Waals surface area contributed by atoms with Gasteiger partial charge in [-0.3, -0.25) is 4.79 Å². The van der Waals surface area contributed by atoms with E-state index in [4.69, 9.17) is 9.63 Å². The standard InChI is InChI=1S/C32H28N2O3/c1-21-31(32(33-37-21)24-10-3-2-4-11-24)29-20-27-26-12-6-5-9-23(26)16-19-28(27)34(29)25-17-14-22(15-18-25)8-7-13-30(35)36/h2-6,9-12,14-15,17-18,20H,7-8,13,16,19H2,1H3,(H,35,36). The predicted molar refractivity (Wildman–Crippen MR) is 145 cm³/mol. The minimum Gasteiger partial charge on any atom is -0.481 e. The van der Waals surface area contributed by atoms with Crippen molar-refractivity contribution in [2.24, 2.45) is 0 Å². The van der Waals surface area contributed by atoms with Crippen LogP contribution in [0.4, 0.5) is 0 Å². The fraction of sp³-hybridized carbons (Fsp3) is 0.188. The summed E-state index contributed by atoms with van der Waals surface area (Å²) >= 11 is 0. The van der Waals surface area contributed by atoms with Crippen molar-refractivity contribution in [2.45, 2.75) is 39.0 Å². The van der Waals surface area contributed by atoms with Crippen LogP contribution in [-0.2, 0) is 24.1 Å². The lowest BCUT2D eigenvalue weighted by atomic mass is 9.89. The van der Waals surface area contributed by atoms with Crippen molar-refractivity contribution in [3.63, 3.8) is 0 Å². The van der Waals surface area contributed by atoms with E-state index in [0.29, 0.717) is 6.42 Å². The summed E-state index contributed by atoms with van der Waals surface area (Å²) in [5.41, 5.74) is 11.3. The van der Waals surface area contributed by atoms with E-state index in [2.05, 4.69) is 76.5 Å². The molecule has 1 N–H and O–H groups in total.